The van der Waals surface area contributed by atoms with Crippen molar-refractivity contribution in [3.63, 3.8) is 0 Å². The van der Waals surface area contributed by atoms with Crippen LogP contribution >= 0.6 is 0 Å². The molecule has 12 heavy (non-hydrogen) atoms. The quantitative estimate of drug-likeness (QED) is 0.585. The van der Waals surface area contributed by atoms with E-state index in [4.69, 9.17) is 5.26 Å². The molecule has 0 bridgehead atoms. The van der Waals surface area contributed by atoms with Gasteiger partial charge in [0.1, 0.15) is 0 Å². The first-order chi connectivity index (χ1) is 5.86. The number of hydrogen-bond donors (Lipinski definition) is 0. The van der Waals surface area contributed by atoms with Gasteiger partial charge in [-0.2, -0.15) is 5.26 Å². The SMILES string of the molecule is CCC/C(C#N)=C\C1CCCC1. The highest BCUT2D eigenvalue weighted by Crippen LogP contribution is 2.27. The summed E-state index contributed by atoms with van der Waals surface area (Å²) in [6.45, 7) is 2.12. The van der Waals surface area contributed by atoms with Crippen molar-refractivity contribution in [2.75, 3.05) is 0 Å². The predicted molar refractivity (Wildman–Crippen MR) is 50.6 cm³/mol. The molecule has 0 unspecified atom stereocenters. The van der Waals surface area contributed by atoms with Crippen molar-refractivity contribution >= 4 is 0 Å². The Labute approximate surface area is 75.1 Å². The summed E-state index contributed by atoms with van der Waals surface area (Å²) >= 11 is 0. The fraction of sp³-hybridized carbons (Fsp3) is 0.727. The summed E-state index contributed by atoms with van der Waals surface area (Å²) in [5.41, 5.74) is 1.00. The molecule has 0 spiro atoms. The molecule has 0 N–H and O–H groups in total. The summed E-state index contributed by atoms with van der Waals surface area (Å²) in [6, 6.07) is 2.29. The maximum atomic E-state index is 8.80. The smallest absolute Gasteiger partial charge is 0.0943 e. The second-order valence-electron chi connectivity index (χ2n) is 3.60. The van der Waals surface area contributed by atoms with Gasteiger partial charge >= 0.3 is 0 Å². The molecule has 1 saturated carbocycles. The first-order valence-corrected chi connectivity index (χ1v) is 4.97. The molecule has 0 heterocycles. The fourth-order valence-corrected chi connectivity index (χ4v) is 1.85. The number of nitrogens with zero attached hydrogens (tertiary/aromatic N) is 1. The molecule has 1 aliphatic carbocycles. The van der Waals surface area contributed by atoms with Gasteiger partial charge in [-0.15, -0.1) is 0 Å². The molecule has 0 aromatic rings. The Morgan fingerprint density at radius 2 is 2.17 bits per heavy atom. The van der Waals surface area contributed by atoms with Gasteiger partial charge in [-0.1, -0.05) is 32.3 Å². The maximum absolute atomic E-state index is 8.80. The predicted octanol–water partition coefficient (Wildman–Crippen LogP) is 3.43. The monoisotopic (exact) mass is 163 g/mol. The van der Waals surface area contributed by atoms with Gasteiger partial charge in [0.2, 0.25) is 0 Å². The van der Waals surface area contributed by atoms with Crippen LogP contribution < -0.4 is 0 Å². The molecule has 1 heteroatoms. The Kier molecular flexibility index (Phi) is 3.87. The molecule has 1 nitrogen and oxygen atoms in total. The lowest BCUT2D eigenvalue weighted by atomic mass is 10.0. The molecule has 0 aromatic heterocycles. The van der Waals surface area contributed by atoms with Crippen LogP contribution in [0.1, 0.15) is 45.4 Å². The third-order valence-electron chi connectivity index (χ3n) is 2.50. The van der Waals surface area contributed by atoms with Crippen LogP contribution in [-0.2, 0) is 0 Å². The van der Waals surface area contributed by atoms with E-state index >= 15 is 0 Å². The number of nitriles is 1. The normalized spacial score (nSPS) is 19.5. The average Bonchev–Trinajstić information content (AvgIpc) is 2.56. The second kappa shape index (κ2) is 4.98. The van der Waals surface area contributed by atoms with E-state index in [1.165, 1.54) is 25.7 Å². The number of hydrogen-bond acceptors (Lipinski definition) is 1. The molecule has 0 radical (unpaired) electrons. The highest BCUT2D eigenvalue weighted by atomic mass is 14.3. The van der Waals surface area contributed by atoms with Crippen LogP contribution in [0.3, 0.4) is 0 Å². The van der Waals surface area contributed by atoms with E-state index in [0.29, 0.717) is 5.92 Å². The average molecular weight is 163 g/mol. The Morgan fingerprint density at radius 3 is 2.67 bits per heavy atom. The summed E-state index contributed by atoms with van der Waals surface area (Å²) in [6.07, 6.45) is 9.57. The lowest BCUT2D eigenvalue weighted by molar-refractivity contribution is 0.677. The first-order valence-electron chi connectivity index (χ1n) is 4.97. The number of rotatable bonds is 3. The topological polar surface area (TPSA) is 23.8 Å². The summed E-state index contributed by atoms with van der Waals surface area (Å²) in [5.74, 6) is 0.714. The molecule has 0 amide bonds. The summed E-state index contributed by atoms with van der Waals surface area (Å²) in [4.78, 5) is 0. The minimum Gasteiger partial charge on any atom is -0.193 e. The maximum Gasteiger partial charge on any atom is 0.0943 e. The Hall–Kier alpha value is -0.770. The van der Waals surface area contributed by atoms with E-state index in [1.54, 1.807) is 0 Å². The van der Waals surface area contributed by atoms with Crippen LogP contribution in [0.2, 0.25) is 0 Å². The molecule has 1 fully saturated rings. The molecular formula is C11H17N. The van der Waals surface area contributed by atoms with Crippen LogP contribution in [0.25, 0.3) is 0 Å². The standard InChI is InChI=1S/C11H17N/c1-2-5-11(9-12)8-10-6-3-4-7-10/h8,10H,2-7H2,1H3/b11-8+. The van der Waals surface area contributed by atoms with Gasteiger partial charge in [0.25, 0.3) is 0 Å². The highest BCUT2D eigenvalue weighted by molar-refractivity contribution is 5.21. The van der Waals surface area contributed by atoms with Crippen molar-refractivity contribution in [3.8, 4) is 6.07 Å². The van der Waals surface area contributed by atoms with Crippen molar-refractivity contribution in [2.24, 2.45) is 5.92 Å². The van der Waals surface area contributed by atoms with E-state index in [1.807, 2.05) is 0 Å². The van der Waals surface area contributed by atoms with Crippen LogP contribution in [0.4, 0.5) is 0 Å². The molecule has 1 rings (SSSR count). The molecule has 0 saturated heterocycles. The van der Waals surface area contributed by atoms with Gasteiger partial charge in [0.05, 0.1) is 6.07 Å². The molecule has 0 aliphatic heterocycles. The van der Waals surface area contributed by atoms with E-state index in [0.717, 1.165) is 18.4 Å². The summed E-state index contributed by atoms with van der Waals surface area (Å²) in [5, 5.41) is 8.80. The van der Waals surface area contributed by atoms with Gasteiger partial charge in [-0.25, -0.2) is 0 Å². The van der Waals surface area contributed by atoms with Crippen LogP contribution in [0, 0.1) is 17.2 Å². The second-order valence-corrected chi connectivity index (χ2v) is 3.60. The van der Waals surface area contributed by atoms with E-state index in [2.05, 4.69) is 19.1 Å². The largest absolute Gasteiger partial charge is 0.193 e. The highest BCUT2D eigenvalue weighted by Gasteiger charge is 2.12. The Morgan fingerprint density at radius 1 is 1.50 bits per heavy atom. The third kappa shape index (κ3) is 2.70. The zero-order valence-electron chi connectivity index (χ0n) is 7.84. The zero-order chi connectivity index (χ0) is 8.81. The minimum absolute atomic E-state index is 0.714. The van der Waals surface area contributed by atoms with Gasteiger partial charge in [0.15, 0.2) is 0 Å². The van der Waals surface area contributed by atoms with E-state index in [-0.39, 0.29) is 0 Å². The number of allylic oxidation sites excluding steroid dienone is 2. The Balaban J connectivity index is 2.45. The van der Waals surface area contributed by atoms with Crippen LogP contribution in [0.15, 0.2) is 11.6 Å². The van der Waals surface area contributed by atoms with Crippen molar-refractivity contribution < 1.29 is 0 Å². The summed E-state index contributed by atoms with van der Waals surface area (Å²) < 4.78 is 0. The van der Waals surface area contributed by atoms with Gasteiger partial charge in [-0.3, -0.25) is 0 Å². The summed E-state index contributed by atoms with van der Waals surface area (Å²) in [7, 11) is 0. The third-order valence-corrected chi connectivity index (χ3v) is 2.50. The van der Waals surface area contributed by atoms with Crippen LogP contribution in [-0.4, -0.2) is 0 Å². The van der Waals surface area contributed by atoms with Crippen molar-refractivity contribution in [1.82, 2.24) is 0 Å². The molecular weight excluding hydrogens is 146 g/mol. The van der Waals surface area contributed by atoms with Gasteiger partial charge in [0, 0.05) is 5.57 Å². The van der Waals surface area contributed by atoms with Gasteiger partial charge in [-0.05, 0) is 25.2 Å². The van der Waals surface area contributed by atoms with Crippen molar-refractivity contribution in [1.29, 1.82) is 5.26 Å². The lowest BCUT2D eigenvalue weighted by Crippen LogP contribution is -1.89. The molecule has 66 valence electrons. The first kappa shape index (κ1) is 9.32. The van der Waals surface area contributed by atoms with Crippen molar-refractivity contribution in [3.05, 3.63) is 11.6 Å². The molecule has 0 atom stereocenters. The minimum atomic E-state index is 0.714. The lowest BCUT2D eigenvalue weighted by Gasteiger charge is -2.02. The van der Waals surface area contributed by atoms with Crippen molar-refractivity contribution in [2.45, 2.75) is 45.4 Å². The van der Waals surface area contributed by atoms with E-state index in [9.17, 15) is 0 Å². The van der Waals surface area contributed by atoms with Crippen LogP contribution in [0.5, 0.6) is 0 Å². The fourth-order valence-electron chi connectivity index (χ4n) is 1.85. The zero-order valence-corrected chi connectivity index (χ0v) is 7.84. The van der Waals surface area contributed by atoms with Gasteiger partial charge < -0.3 is 0 Å². The molecule has 1 aliphatic rings. The van der Waals surface area contributed by atoms with E-state index < -0.39 is 0 Å². The Bertz CT molecular complexity index is 192. The molecule has 0 aromatic carbocycles.